The molecule has 4 aliphatic rings. The van der Waals surface area contributed by atoms with Crippen molar-refractivity contribution in [3.8, 4) is 17.8 Å². The second-order valence-corrected chi connectivity index (χ2v) is 18.2. The molecule has 0 bridgehead atoms. The smallest absolute Gasteiger partial charge is 0.309 e. The van der Waals surface area contributed by atoms with E-state index in [0.717, 1.165) is 60.4 Å². The standard InChI is InChI=1S/C25H22F4IN5O.C20H11F4IN4O/c26-21-9-8-19(14-16(21)15-31)35-24(33-11-2-1-3-12-33)20(22(32-35)25(27,28)29)10-13-34(23(24)36)18-6-4-17(30)5-7-18;21-16-6-5-14(9-11(16)10-26)29-17-15(18(27-29)20(22,23)24)7-8-28(19(17)30)13-3-1-12(25)2-4-13/h4-9,14,20H,1-3,10-13H2;1-6,9H,7-8H2/t20-,24+;/m0./s1. The van der Waals surface area contributed by atoms with Gasteiger partial charge in [0.05, 0.1) is 28.4 Å². The number of nitriles is 2. The lowest BCUT2D eigenvalue weighted by molar-refractivity contribution is -0.142. The number of halogens is 10. The lowest BCUT2D eigenvalue weighted by atomic mass is 9.78. The van der Waals surface area contributed by atoms with E-state index in [0.29, 0.717) is 24.5 Å². The lowest BCUT2D eigenvalue weighted by Crippen LogP contribution is -2.73. The Bertz CT molecular complexity index is 2830. The number of piperidine rings is 2. The number of carbonyl (C=O) groups excluding carboxylic acids is 2. The first-order valence-electron chi connectivity index (χ1n) is 20.3. The van der Waals surface area contributed by atoms with Gasteiger partial charge in [0, 0.05) is 50.3 Å². The summed E-state index contributed by atoms with van der Waals surface area (Å²) in [4.78, 5) is 32.4. The van der Waals surface area contributed by atoms with Gasteiger partial charge in [-0.15, -0.1) is 0 Å². The van der Waals surface area contributed by atoms with Crippen LogP contribution in [-0.2, 0) is 17.4 Å². The van der Waals surface area contributed by atoms with Gasteiger partial charge in [0.15, 0.2) is 5.69 Å². The molecule has 5 aromatic rings. The Labute approximate surface area is 399 Å². The molecule has 0 saturated carbocycles. The number of hydrogen-bond acceptors (Lipinski definition) is 8. The van der Waals surface area contributed by atoms with Crippen LogP contribution in [-0.4, -0.2) is 70.2 Å². The summed E-state index contributed by atoms with van der Waals surface area (Å²) in [6, 6.07) is 24.3. The molecule has 0 N–H and O–H groups in total. The van der Waals surface area contributed by atoms with Crippen LogP contribution in [0.3, 0.4) is 0 Å². The van der Waals surface area contributed by atoms with E-state index in [9.17, 15) is 50.0 Å². The van der Waals surface area contributed by atoms with Crippen LogP contribution in [0.5, 0.6) is 0 Å². The van der Waals surface area contributed by atoms with E-state index < -0.39 is 58.8 Å². The van der Waals surface area contributed by atoms with Crippen LogP contribution in [0.2, 0.25) is 0 Å². The SMILES string of the molecule is N#Cc1cc(-n2nc(C(F)(F)F)c3c2C(=O)N(c2ccc(I)cc2)CC3)ccc1F.N#Cc1cc(N2N=C(C(F)(F)F)[C@@H]3CCN(c4ccc(I)cc4)C(=O)[C@@]32N2CCCCC2)ccc1F. The highest BCUT2D eigenvalue weighted by atomic mass is 127. The van der Waals surface area contributed by atoms with E-state index in [1.807, 2.05) is 12.1 Å². The molecule has 2 amide bonds. The van der Waals surface area contributed by atoms with Crippen molar-refractivity contribution in [1.29, 1.82) is 10.5 Å². The number of alkyl halides is 6. The van der Waals surface area contributed by atoms with E-state index in [-0.39, 0.29) is 59.7 Å². The summed E-state index contributed by atoms with van der Waals surface area (Å²) in [5.41, 5.74) is -3.90. The molecule has 66 heavy (non-hydrogen) atoms. The first-order chi connectivity index (χ1) is 31.4. The normalized spacial score (nSPS) is 19.9. The molecular weight excluding hydrogens is 1100 g/mol. The Kier molecular flexibility index (Phi) is 12.9. The van der Waals surface area contributed by atoms with Crippen LogP contribution in [0, 0.1) is 47.4 Å². The van der Waals surface area contributed by atoms with Gasteiger partial charge in [0.25, 0.3) is 11.8 Å². The molecule has 11 nitrogen and oxygen atoms in total. The molecule has 0 radical (unpaired) electrons. The van der Waals surface area contributed by atoms with E-state index in [4.69, 9.17) is 5.26 Å². The number of aromatic nitrogens is 2. The van der Waals surface area contributed by atoms with Crippen LogP contribution in [0.15, 0.2) is 90.0 Å². The summed E-state index contributed by atoms with van der Waals surface area (Å²) in [6.07, 6.45) is -7.15. The van der Waals surface area contributed by atoms with Crippen molar-refractivity contribution < 1.29 is 44.7 Å². The van der Waals surface area contributed by atoms with Gasteiger partial charge in [-0.2, -0.15) is 47.1 Å². The quantitative estimate of drug-likeness (QED) is 0.127. The predicted octanol–water partition coefficient (Wildman–Crippen LogP) is 9.98. The van der Waals surface area contributed by atoms with Gasteiger partial charge in [-0.05, 0) is 156 Å². The highest BCUT2D eigenvalue weighted by Gasteiger charge is 2.68. The van der Waals surface area contributed by atoms with E-state index in [2.05, 4.69) is 55.4 Å². The number of nitrogens with zero attached hydrogens (tertiary/aromatic N) is 9. The fourth-order valence-electron chi connectivity index (χ4n) is 8.93. The maximum Gasteiger partial charge on any atom is 0.435 e. The predicted molar refractivity (Wildman–Crippen MR) is 243 cm³/mol. The fourth-order valence-corrected chi connectivity index (χ4v) is 9.65. The molecule has 0 spiro atoms. The van der Waals surface area contributed by atoms with Gasteiger partial charge in [-0.3, -0.25) is 14.5 Å². The van der Waals surface area contributed by atoms with Crippen molar-refractivity contribution in [3.05, 3.63) is 132 Å². The number of benzene rings is 4. The fraction of sp³-hybridized carbons (Fsp3) is 0.289. The second-order valence-electron chi connectivity index (χ2n) is 15.7. The average Bonchev–Trinajstić information content (AvgIpc) is 3.88. The summed E-state index contributed by atoms with van der Waals surface area (Å²) < 4.78 is 114. The number of anilines is 3. The van der Waals surface area contributed by atoms with E-state index >= 15 is 0 Å². The summed E-state index contributed by atoms with van der Waals surface area (Å²) in [7, 11) is 0. The minimum absolute atomic E-state index is 0.00231. The molecule has 0 unspecified atom stereocenters. The third-order valence-corrected chi connectivity index (χ3v) is 13.3. The molecule has 21 heteroatoms. The van der Waals surface area contributed by atoms with Gasteiger partial charge < -0.3 is 9.80 Å². The van der Waals surface area contributed by atoms with Gasteiger partial charge in [-0.25, -0.2) is 18.5 Å². The number of amides is 2. The van der Waals surface area contributed by atoms with Gasteiger partial charge in [-0.1, -0.05) is 6.42 Å². The Morgan fingerprint density at radius 2 is 1.20 bits per heavy atom. The first kappa shape index (κ1) is 46.9. The maximum absolute atomic E-state index is 14.5. The number of hydrogen-bond donors (Lipinski definition) is 0. The summed E-state index contributed by atoms with van der Waals surface area (Å²) >= 11 is 4.25. The topological polar surface area (TPSA) is 125 Å². The second kappa shape index (κ2) is 18.2. The van der Waals surface area contributed by atoms with Crippen LogP contribution < -0.4 is 14.8 Å². The number of rotatable bonds is 5. The van der Waals surface area contributed by atoms with Crippen LogP contribution in [0.1, 0.15) is 58.6 Å². The molecule has 2 atom stereocenters. The largest absolute Gasteiger partial charge is 0.435 e. The number of fused-ring (bicyclic) bond motifs is 2. The Morgan fingerprint density at radius 1 is 0.667 bits per heavy atom. The molecule has 4 aliphatic heterocycles. The zero-order chi connectivity index (χ0) is 47.3. The van der Waals surface area contributed by atoms with Gasteiger partial charge in [0.2, 0.25) is 5.66 Å². The molecule has 2 fully saturated rings. The Hall–Kier alpha value is -5.66. The van der Waals surface area contributed by atoms with Crippen molar-refractivity contribution >= 4 is 79.8 Å². The van der Waals surface area contributed by atoms with E-state index in [1.54, 1.807) is 53.4 Å². The van der Waals surface area contributed by atoms with Crippen molar-refractivity contribution in [2.75, 3.05) is 41.0 Å². The van der Waals surface area contributed by atoms with Crippen molar-refractivity contribution in [2.45, 2.75) is 50.1 Å². The highest BCUT2D eigenvalue weighted by molar-refractivity contribution is 14.1. The minimum atomic E-state index is -4.77. The number of likely N-dealkylation sites (tertiary alicyclic amines) is 1. The first-order valence-corrected chi connectivity index (χ1v) is 22.5. The molecule has 340 valence electrons. The maximum atomic E-state index is 14.5. The molecule has 1 aromatic heterocycles. The third-order valence-electron chi connectivity index (χ3n) is 11.9. The third kappa shape index (κ3) is 8.49. The zero-order valence-electron chi connectivity index (χ0n) is 34.1. The monoisotopic (exact) mass is 1140 g/mol. The summed E-state index contributed by atoms with van der Waals surface area (Å²) in [5.74, 6) is -4.00. The number of carbonyl (C=O) groups is 2. The molecule has 0 aliphatic carbocycles. The van der Waals surface area contributed by atoms with E-state index in [1.165, 1.54) is 21.9 Å². The highest BCUT2D eigenvalue weighted by Crippen LogP contribution is 2.50. The van der Waals surface area contributed by atoms with Gasteiger partial charge in [0.1, 0.15) is 35.2 Å². The average molecular weight is 1140 g/mol. The van der Waals surface area contributed by atoms with Crippen LogP contribution in [0.4, 0.5) is 52.2 Å². The van der Waals surface area contributed by atoms with Gasteiger partial charge >= 0.3 is 12.4 Å². The van der Waals surface area contributed by atoms with Crippen LogP contribution in [0.25, 0.3) is 5.69 Å². The van der Waals surface area contributed by atoms with Crippen molar-refractivity contribution in [1.82, 2.24) is 14.7 Å². The Balaban J connectivity index is 0.000000182. The zero-order valence-corrected chi connectivity index (χ0v) is 38.5. The molecule has 2 saturated heterocycles. The Morgan fingerprint density at radius 3 is 1.74 bits per heavy atom. The molecule has 5 heterocycles. The lowest BCUT2D eigenvalue weighted by Gasteiger charge is -2.53. The molecular formula is C45H33F8I2N9O2. The van der Waals surface area contributed by atoms with Crippen molar-refractivity contribution in [2.24, 2.45) is 11.0 Å². The summed E-state index contributed by atoms with van der Waals surface area (Å²) in [6.45, 7) is 1.02. The summed E-state index contributed by atoms with van der Waals surface area (Å²) in [5, 5.41) is 27.2. The van der Waals surface area contributed by atoms with Crippen LogP contribution >= 0.6 is 45.2 Å². The molecule has 4 aromatic carbocycles. The molecule has 9 rings (SSSR count). The van der Waals surface area contributed by atoms with Crippen molar-refractivity contribution in [3.63, 3.8) is 0 Å². The number of hydrazone groups is 1. The minimum Gasteiger partial charge on any atom is -0.309 e.